The van der Waals surface area contributed by atoms with Crippen molar-refractivity contribution in [2.24, 2.45) is 0 Å². The van der Waals surface area contributed by atoms with Crippen LogP contribution in [0.5, 0.6) is 11.5 Å². The van der Waals surface area contributed by atoms with Gasteiger partial charge in [0.15, 0.2) is 16.6 Å². The molecule has 176 valence electrons. The molecule has 35 heavy (non-hydrogen) atoms. The fourth-order valence-corrected chi connectivity index (χ4v) is 5.11. The zero-order valence-corrected chi connectivity index (χ0v) is 19.6. The van der Waals surface area contributed by atoms with Crippen molar-refractivity contribution in [2.45, 2.75) is 6.04 Å². The molecule has 1 fully saturated rings. The quantitative estimate of drug-likeness (QED) is 0.216. The maximum absolute atomic E-state index is 13.8. The molecule has 2 N–H and O–H groups in total. The Morgan fingerprint density at radius 3 is 2.57 bits per heavy atom. The SMILES string of the molecule is COc1cc(C2/C(=C(\O)c3ccc(Cl)cc3)C(=O)C(=O)N2c2nc3ccc(F)cc3s2)ccc1O. The van der Waals surface area contributed by atoms with E-state index in [4.69, 9.17) is 16.3 Å². The van der Waals surface area contributed by atoms with Gasteiger partial charge in [-0.25, -0.2) is 9.37 Å². The molecule has 7 nitrogen and oxygen atoms in total. The molecule has 5 rings (SSSR count). The second kappa shape index (κ2) is 8.68. The first-order valence-corrected chi connectivity index (χ1v) is 11.5. The Hall–Kier alpha value is -3.95. The molecule has 10 heteroatoms. The number of aliphatic hydroxyl groups excluding tert-OH is 1. The summed E-state index contributed by atoms with van der Waals surface area (Å²) < 4.78 is 19.5. The molecular formula is C25H16ClFN2O5S. The molecule has 0 saturated carbocycles. The van der Waals surface area contributed by atoms with Crippen LogP contribution in [0.4, 0.5) is 9.52 Å². The van der Waals surface area contributed by atoms with Crippen LogP contribution in [0, 0.1) is 5.82 Å². The Balaban J connectivity index is 1.75. The van der Waals surface area contributed by atoms with Crippen LogP contribution in [0.1, 0.15) is 17.2 Å². The molecule has 0 bridgehead atoms. The van der Waals surface area contributed by atoms with E-state index in [9.17, 15) is 24.2 Å². The summed E-state index contributed by atoms with van der Waals surface area (Å²) >= 11 is 6.99. The monoisotopic (exact) mass is 510 g/mol. The Morgan fingerprint density at radius 2 is 1.86 bits per heavy atom. The van der Waals surface area contributed by atoms with E-state index >= 15 is 0 Å². The summed E-state index contributed by atoms with van der Waals surface area (Å²) in [5.74, 6) is -2.70. The number of phenols is 1. The summed E-state index contributed by atoms with van der Waals surface area (Å²) in [5.41, 5.74) is 0.956. The number of nitrogens with zero attached hydrogens (tertiary/aromatic N) is 2. The molecular weight excluding hydrogens is 495 g/mol. The normalized spacial score (nSPS) is 17.3. The summed E-state index contributed by atoms with van der Waals surface area (Å²) in [6, 6.07) is 13.4. The first kappa shape index (κ1) is 22.8. The summed E-state index contributed by atoms with van der Waals surface area (Å²) in [7, 11) is 1.37. The zero-order chi connectivity index (χ0) is 24.9. The molecule has 0 spiro atoms. The van der Waals surface area contributed by atoms with Crippen LogP contribution >= 0.6 is 22.9 Å². The van der Waals surface area contributed by atoms with Crippen LogP contribution in [0.25, 0.3) is 16.0 Å². The third-order valence-corrected chi connectivity index (χ3v) is 6.90. The average Bonchev–Trinajstić information content (AvgIpc) is 3.37. The van der Waals surface area contributed by atoms with E-state index in [0.717, 1.165) is 16.2 Å². The van der Waals surface area contributed by atoms with Crippen molar-refractivity contribution in [3.05, 3.63) is 88.2 Å². The Kier molecular flexibility index (Phi) is 5.66. The number of hydrogen-bond acceptors (Lipinski definition) is 7. The van der Waals surface area contributed by atoms with Gasteiger partial charge in [-0.2, -0.15) is 0 Å². The molecule has 0 radical (unpaired) electrons. The van der Waals surface area contributed by atoms with Gasteiger partial charge in [-0.3, -0.25) is 14.5 Å². The lowest BCUT2D eigenvalue weighted by Gasteiger charge is -2.23. The van der Waals surface area contributed by atoms with E-state index in [-0.39, 0.29) is 27.8 Å². The largest absolute Gasteiger partial charge is 0.507 e. The van der Waals surface area contributed by atoms with Gasteiger partial charge < -0.3 is 14.9 Å². The highest BCUT2D eigenvalue weighted by atomic mass is 35.5. The number of rotatable bonds is 4. The number of benzene rings is 3. The van der Waals surface area contributed by atoms with E-state index < -0.39 is 29.3 Å². The third kappa shape index (κ3) is 3.88. The number of amides is 1. The number of fused-ring (bicyclic) bond motifs is 1. The van der Waals surface area contributed by atoms with E-state index in [0.29, 0.717) is 20.8 Å². The number of aromatic hydroxyl groups is 1. The van der Waals surface area contributed by atoms with Gasteiger partial charge in [0.1, 0.15) is 11.6 Å². The Morgan fingerprint density at radius 1 is 1.11 bits per heavy atom. The van der Waals surface area contributed by atoms with Crippen molar-refractivity contribution in [2.75, 3.05) is 12.0 Å². The van der Waals surface area contributed by atoms with Crippen molar-refractivity contribution in [3.63, 3.8) is 0 Å². The first-order valence-electron chi connectivity index (χ1n) is 10.3. The number of ketones is 1. The number of halogens is 2. The van der Waals surface area contributed by atoms with Crippen LogP contribution in [-0.2, 0) is 9.59 Å². The van der Waals surface area contributed by atoms with Crippen LogP contribution in [-0.4, -0.2) is 34.0 Å². The number of aliphatic hydroxyl groups is 1. The van der Waals surface area contributed by atoms with Crippen LogP contribution < -0.4 is 9.64 Å². The lowest BCUT2D eigenvalue weighted by atomic mass is 9.95. The van der Waals surface area contributed by atoms with Gasteiger partial charge in [-0.15, -0.1) is 0 Å². The highest BCUT2D eigenvalue weighted by molar-refractivity contribution is 7.22. The molecule has 4 aromatic rings. The number of carbonyl (C=O) groups excluding carboxylic acids is 2. The first-order chi connectivity index (χ1) is 16.8. The zero-order valence-electron chi connectivity index (χ0n) is 18.0. The molecule has 1 saturated heterocycles. The Bertz CT molecular complexity index is 1530. The minimum absolute atomic E-state index is 0.117. The van der Waals surface area contributed by atoms with Gasteiger partial charge in [0, 0.05) is 10.6 Å². The molecule has 1 aliphatic rings. The fraction of sp³-hybridized carbons (Fsp3) is 0.0800. The van der Waals surface area contributed by atoms with Crippen LogP contribution in [0.15, 0.2) is 66.2 Å². The molecule has 1 aromatic heterocycles. The molecule has 2 heterocycles. The number of ether oxygens (including phenoxy) is 1. The second-order valence-electron chi connectivity index (χ2n) is 7.72. The highest BCUT2D eigenvalue weighted by Gasteiger charge is 2.48. The minimum atomic E-state index is -1.09. The maximum atomic E-state index is 13.8. The minimum Gasteiger partial charge on any atom is -0.507 e. The molecule has 3 aromatic carbocycles. The molecule has 1 aliphatic heterocycles. The van der Waals surface area contributed by atoms with Crippen LogP contribution in [0.3, 0.4) is 0 Å². The number of thiazole rings is 1. The smallest absolute Gasteiger partial charge is 0.301 e. The average molecular weight is 511 g/mol. The van der Waals surface area contributed by atoms with Crippen molar-refractivity contribution >= 4 is 55.7 Å². The number of anilines is 1. The predicted octanol–water partition coefficient (Wildman–Crippen LogP) is 5.43. The fourth-order valence-electron chi connectivity index (χ4n) is 3.96. The predicted molar refractivity (Wildman–Crippen MR) is 130 cm³/mol. The number of aromatic nitrogens is 1. The van der Waals surface area contributed by atoms with Gasteiger partial charge in [0.2, 0.25) is 0 Å². The number of hydrogen-bond donors (Lipinski definition) is 2. The summed E-state index contributed by atoms with van der Waals surface area (Å²) in [6.45, 7) is 0. The summed E-state index contributed by atoms with van der Waals surface area (Å²) in [5, 5.41) is 21.8. The van der Waals surface area contributed by atoms with Crippen molar-refractivity contribution in [1.29, 1.82) is 0 Å². The Labute approximate surface area is 207 Å². The van der Waals surface area contributed by atoms with E-state index in [1.54, 1.807) is 12.1 Å². The van der Waals surface area contributed by atoms with Gasteiger partial charge in [0.05, 0.1) is 28.9 Å². The van der Waals surface area contributed by atoms with Gasteiger partial charge in [-0.05, 0) is 60.2 Å². The van der Waals surface area contributed by atoms with Gasteiger partial charge in [0.25, 0.3) is 5.78 Å². The molecule has 1 amide bonds. The standard InChI is InChI=1S/C25H16ClFN2O5S/c1-34-18-10-13(4-9-17(18)30)21-20(22(31)12-2-5-14(26)6-3-12)23(32)24(33)29(21)25-28-16-8-7-15(27)11-19(16)35-25/h2-11,21,30-31H,1H3/b22-20+. The second-order valence-corrected chi connectivity index (χ2v) is 9.16. The van der Waals surface area contributed by atoms with Crippen LogP contribution in [0.2, 0.25) is 5.02 Å². The lowest BCUT2D eigenvalue weighted by molar-refractivity contribution is -0.132. The van der Waals surface area contributed by atoms with Gasteiger partial charge >= 0.3 is 5.91 Å². The van der Waals surface area contributed by atoms with E-state index in [2.05, 4.69) is 4.98 Å². The van der Waals surface area contributed by atoms with Gasteiger partial charge in [-0.1, -0.05) is 29.0 Å². The molecule has 1 atom stereocenters. The number of methoxy groups -OCH3 is 1. The third-order valence-electron chi connectivity index (χ3n) is 5.63. The molecule has 1 unspecified atom stereocenters. The van der Waals surface area contributed by atoms with Crippen molar-refractivity contribution in [3.8, 4) is 11.5 Å². The van der Waals surface area contributed by atoms with Crippen molar-refractivity contribution < 1.29 is 28.9 Å². The number of carbonyl (C=O) groups is 2. The number of phenolic OH excluding ortho intramolecular Hbond substituents is 1. The summed E-state index contributed by atoms with van der Waals surface area (Å²) in [6.07, 6.45) is 0. The van der Waals surface area contributed by atoms with E-state index in [1.165, 1.54) is 55.6 Å². The van der Waals surface area contributed by atoms with Crippen molar-refractivity contribution in [1.82, 2.24) is 4.98 Å². The maximum Gasteiger partial charge on any atom is 0.301 e. The summed E-state index contributed by atoms with van der Waals surface area (Å²) in [4.78, 5) is 32.1. The number of Topliss-reactive ketones (excluding diaryl/α,β-unsaturated/α-hetero) is 1. The highest BCUT2D eigenvalue weighted by Crippen LogP contribution is 2.45. The lowest BCUT2D eigenvalue weighted by Crippen LogP contribution is -2.29. The molecule has 0 aliphatic carbocycles. The van der Waals surface area contributed by atoms with E-state index in [1.807, 2.05) is 0 Å². The topological polar surface area (TPSA) is 100.0 Å².